The quantitative estimate of drug-likeness (QED) is 0.355. The molecule has 164 valence electrons. The number of carboxylic acids is 1. The lowest BCUT2D eigenvalue weighted by atomic mass is 10.0. The standard InChI is InChI=1S/C23H28N4O3S/c1-16-20(17-9-4-2-5-10-17)21-22(26-15-27-23(21)31-16)25-14-8-11-18(28)24-13-7-3-6-12-19(29)30/h2,4-5,9-10,15H,3,6-8,11-14H2,1H3,(H,24,28)(H,29,30)(H,25,26,27). The third-order valence-corrected chi connectivity index (χ3v) is 6.00. The number of benzene rings is 1. The average molecular weight is 441 g/mol. The lowest BCUT2D eigenvalue weighted by Crippen LogP contribution is -2.24. The Labute approximate surface area is 185 Å². The number of nitrogens with one attached hydrogen (secondary N) is 2. The number of carboxylic acid groups (broad SMARTS) is 1. The number of aromatic nitrogens is 2. The van der Waals surface area contributed by atoms with Gasteiger partial charge in [-0.3, -0.25) is 9.59 Å². The number of hydrogen-bond acceptors (Lipinski definition) is 6. The molecule has 2 aromatic heterocycles. The van der Waals surface area contributed by atoms with E-state index in [4.69, 9.17) is 5.11 Å². The molecule has 0 aliphatic carbocycles. The van der Waals surface area contributed by atoms with E-state index in [9.17, 15) is 9.59 Å². The summed E-state index contributed by atoms with van der Waals surface area (Å²) in [5.41, 5.74) is 2.30. The largest absolute Gasteiger partial charge is 0.481 e. The predicted molar refractivity (Wildman–Crippen MR) is 124 cm³/mol. The van der Waals surface area contributed by atoms with Crippen molar-refractivity contribution in [1.82, 2.24) is 15.3 Å². The van der Waals surface area contributed by atoms with E-state index in [0.717, 1.165) is 40.0 Å². The van der Waals surface area contributed by atoms with Crippen molar-refractivity contribution < 1.29 is 14.7 Å². The molecule has 2 heterocycles. The van der Waals surface area contributed by atoms with Gasteiger partial charge in [-0.05, 0) is 31.7 Å². The van der Waals surface area contributed by atoms with E-state index >= 15 is 0 Å². The molecule has 0 radical (unpaired) electrons. The summed E-state index contributed by atoms with van der Waals surface area (Å²) in [6.07, 6.45) is 5.15. The van der Waals surface area contributed by atoms with Crippen molar-refractivity contribution in [2.75, 3.05) is 18.4 Å². The summed E-state index contributed by atoms with van der Waals surface area (Å²) in [5, 5.41) is 15.9. The highest BCUT2D eigenvalue weighted by molar-refractivity contribution is 7.19. The average Bonchev–Trinajstić information content (AvgIpc) is 3.10. The van der Waals surface area contributed by atoms with Crippen molar-refractivity contribution in [1.29, 1.82) is 0 Å². The normalized spacial score (nSPS) is 10.9. The third kappa shape index (κ3) is 6.49. The smallest absolute Gasteiger partial charge is 0.303 e. The topological polar surface area (TPSA) is 104 Å². The fourth-order valence-corrected chi connectivity index (χ4v) is 4.49. The lowest BCUT2D eigenvalue weighted by Gasteiger charge is -2.09. The minimum Gasteiger partial charge on any atom is -0.481 e. The number of nitrogens with zero attached hydrogens (tertiary/aromatic N) is 2. The number of aryl methyl sites for hydroxylation is 1. The minimum atomic E-state index is -0.772. The molecule has 0 saturated carbocycles. The summed E-state index contributed by atoms with van der Waals surface area (Å²) >= 11 is 1.66. The van der Waals surface area contributed by atoms with E-state index in [1.54, 1.807) is 17.7 Å². The summed E-state index contributed by atoms with van der Waals surface area (Å²) in [6, 6.07) is 10.2. The summed E-state index contributed by atoms with van der Waals surface area (Å²) in [4.78, 5) is 33.5. The number of aliphatic carboxylic acids is 1. The van der Waals surface area contributed by atoms with Crippen LogP contribution >= 0.6 is 11.3 Å². The molecule has 0 fully saturated rings. The summed E-state index contributed by atoms with van der Waals surface area (Å²) in [5.74, 6) is 0.0438. The number of unbranched alkanes of at least 4 members (excludes halogenated alkanes) is 2. The van der Waals surface area contributed by atoms with E-state index in [0.29, 0.717) is 32.4 Å². The number of rotatable bonds is 12. The van der Waals surface area contributed by atoms with Crippen LogP contribution in [0.5, 0.6) is 0 Å². The Kier molecular flexibility index (Phi) is 8.35. The molecule has 0 aliphatic heterocycles. The molecule has 1 aromatic carbocycles. The number of fused-ring (bicyclic) bond motifs is 1. The fraction of sp³-hybridized carbons (Fsp3) is 0.391. The Morgan fingerprint density at radius 1 is 1.00 bits per heavy atom. The van der Waals surface area contributed by atoms with Crippen LogP contribution in [-0.2, 0) is 9.59 Å². The molecular formula is C23H28N4O3S. The molecule has 0 saturated heterocycles. The van der Waals surface area contributed by atoms with E-state index in [1.807, 2.05) is 18.2 Å². The van der Waals surface area contributed by atoms with Crippen molar-refractivity contribution >= 4 is 39.2 Å². The molecule has 0 aliphatic rings. The van der Waals surface area contributed by atoms with Gasteiger partial charge in [0.25, 0.3) is 0 Å². The first kappa shape index (κ1) is 22.7. The van der Waals surface area contributed by atoms with Crippen molar-refractivity contribution in [2.45, 2.75) is 45.4 Å². The van der Waals surface area contributed by atoms with Crippen molar-refractivity contribution in [3.8, 4) is 11.1 Å². The highest BCUT2D eigenvalue weighted by Crippen LogP contribution is 2.40. The van der Waals surface area contributed by atoms with Crippen LogP contribution in [0.3, 0.4) is 0 Å². The van der Waals surface area contributed by atoms with Crippen LogP contribution in [0.4, 0.5) is 5.82 Å². The van der Waals surface area contributed by atoms with E-state index in [2.05, 4.69) is 39.7 Å². The second-order valence-electron chi connectivity index (χ2n) is 7.39. The maximum absolute atomic E-state index is 12.0. The van der Waals surface area contributed by atoms with Crippen LogP contribution in [0.25, 0.3) is 21.3 Å². The van der Waals surface area contributed by atoms with Crippen LogP contribution in [0.2, 0.25) is 0 Å². The molecule has 3 aromatic rings. The maximum Gasteiger partial charge on any atom is 0.303 e. The zero-order valence-corrected chi connectivity index (χ0v) is 18.5. The van der Waals surface area contributed by atoms with Gasteiger partial charge in [0.15, 0.2) is 0 Å². The highest BCUT2D eigenvalue weighted by atomic mass is 32.1. The second-order valence-corrected chi connectivity index (χ2v) is 8.59. The van der Waals surface area contributed by atoms with Gasteiger partial charge in [0.1, 0.15) is 17.0 Å². The molecule has 7 nitrogen and oxygen atoms in total. The van der Waals surface area contributed by atoms with Crippen LogP contribution in [0.15, 0.2) is 36.7 Å². The van der Waals surface area contributed by atoms with Crippen LogP contribution in [0, 0.1) is 6.92 Å². The van der Waals surface area contributed by atoms with E-state index in [-0.39, 0.29) is 12.3 Å². The zero-order valence-electron chi connectivity index (χ0n) is 17.7. The SMILES string of the molecule is Cc1sc2ncnc(NCCCC(=O)NCCCCCC(=O)O)c2c1-c1ccccc1. The Morgan fingerprint density at radius 3 is 2.58 bits per heavy atom. The van der Waals surface area contributed by atoms with Crippen LogP contribution in [0.1, 0.15) is 43.4 Å². The number of hydrogen-bond donors (Lipinski definition) is 3. The predicted octanol–water partition coefficient (Wildman–Crippen LogP) is 4.62. The molecule has 8 heteroatoms. The van der Waals surface area contributed by atoms with Gasteiger partial charge < -0.3 is 15.7 Å². The Balaban J connectivity index is 1.49. The first-order valence-electron chi connectivity index (χ1n) is 10.6. The molecule has 3 N–H and O–H groups in total. The molecule has 31 heavy (non-hydrogen) atoms. The number of anilines is 1. The molecule has 3 rings (SSSR count). The molecule has 0 atom stereocenters. The first-order valence-corrected chi connectivity index (χ1v) is 11.4. The maximum atomic E-state index is 12.0. The van der Waals surface area contributed by atoms with Gasteiger partial charge in [-0.15, -0.1) is 11.3 Å². The van der Waals surface area contributed by atoms with Gasteiger partial charge >= 0.3 is 5.97 Å². The Bertz CT molecular complexity index is 1020. The molecule has 0 bridgehead atoms. The number of amides is 1. The third-order valence-electron chi connectivity index (χ3n) is 4.99. The fourth-order valence-electron chi connectivity index (χ4n) is 3.48. The minimum absolute atomic E-state index is 0.0178. The summed E-state index contributed by atoms with van der Waals surface area (Å²) in [6.45, 7) is 3.33. The van der Waals surface area contributed by atoms with Gasteiger partial charge in [-0.1, -0.05) is 36.8 Å². The first-order chi connectivity index (χ1) is 15.1. The van der Waals surface area contributed by atoms with Crippen LogP contribution < -0.4 is 10.6 Å². The molecular weight excluding hydrogens is 412 g/mol. The Hall–Kier alpha value is -3.00. The van der Waals surface area contributed by atoms with Gasteiger partial charge in [0.05, 0.1) is 5.39 Å². The van der Waals surface area contributed by atoms with Gasteiger partial charge in [0, 0.05) is 36.4 Å². The second kappa shape index (κ2) is 11.4. The molecule has 1 amide bonds. The van der Waals surface area contributed by atoms with Crippen LogP contribution in [-0.4, -0.2) is 40.0 Å². The van der Waals surface area contributed by atoms with E-state index < -0.39 is 5.97 Å². The van der Waals surface area contributed by atoms with Crippen molar-refractivity contribution in [3.63, 3.8) is 0 Å². The van der Waals surface area contributed by atoms with E-state index in [1.165, 1.54) is 4.88 Å². The molecule has 0 spiro atoms. The number of thiophene rings is 1. The zero-order chi connectivity index (χ0) is 22.1. The number of carbonyl (C=O) groups is 2. The van der Waals surface area contributed by atoms with Crippen molar-refractivity contribution in [3.05, 3.63) is 41.5 Å². The van der Waals surface area contributed by atoms with Gasteiger partial charge in [-0.25, -0.2) is 9.97 Å². The van der Waals surface area contributed by atoms with Gasteiger partial charge in [-0.2, -0.15) is 0 Å². The summed E-state index contributed by atoms with van der Waals surface area (Å²) < 4.78 is 0. The number of carbonyl (C=O) groups excluding carboxylic acids is 1. The lowest BCUT2D eigenvalue weighted by molar-refractivity contribution is -0.137. The highest BCUT2D eigenvalue weighted by Gasteiger charge is 2.16. The monoisotopic (exact) mass is 440 g/mol. The Morgan fingerprint density at radius 2 is 1.81 bits per heavy atom. The van der Waals surface area contributed by atoms with Crippen molar-refractivity contribution in [2.24, 2.45) is 0 Å². The van der Waals surface area contributed by atoms with Gasteiger partial charge in [0.2, 0.25) is 5.91 Å². The summed E-state index contributed by atoms with van der Waals surface area (Å²) in [7, 11) is 0. The molecule has 0 unspecified atom stereocenters.